The largest absolute Gasteiger partial charge is 0.235 e. The molecule has 0 aliphatic carbocycles. The topological polar surface area (TPSA) is 49.4 Å². The molecule has 0 fully saturated rings. The third-order valence-electron chi connectivity index (χ3n) is 1.81. The van der Waals surface area contributed by atoms with Gasteiger partial charge < -0.3 is 0 Å². The number of azo groups is 1. The van der Waals surface area contributed by atoms with Crippen molar-refractivity contribution in [3.63, 3.8) is 0 Å². The molecule has 0 atom stereocenters. The molecule has 0 bridgehead atoms. The van der Waals surface area contributed by atoms with Crippen molar-refractivity contribution < 1.29 is 0 Å². The van der Waals surface area contributed by atoms with Crippen molar-refractivity contribution in [3.8, 4) is 0 Å². The Kier molecular flexibility index (Phi) is 0.889. The quantitative estimate of drug-likeness (QED) is 0.529. The van der Waals surface area contributed by atoms with E-state index in [-0.39, 0.29) is 0 Å². The lowest BCUT2D eigenvalue weighted by atomic mass is 10.2. The maximum atomic E-state index is 4.06. The second-order valence-electron chi connectivity index (χ2n) is 2.54. The molecule has 1 aromatic rings. The summed E-state index contributed by atoms with van der Waals surface area (Å²) in [6.45, 7) is 0. The van der Waals surface area contributed by atoms with E-state index in [1.54, 1.807) is 0 Å². The van der Waals surface area contributed by atoms with Gasteiger partial charge in [0.25, 0.3) is 0 Å². The fourth-order valence-corrected chi connectivity index (χ4v) is 1.23. The van der Waals surface area contributed by atoms with Crippen LogP contribution in [0.1, 0.15) is 0 Å². The van der Waals surface area contributed by atoms with Crippen molar-refractivity contribution in [3.05, 3.63) is 22.7 Å². The molecule has 0 aromatic heterocycles. The second-order valence-corrected chi connectivity index (χ2v) is 2.54. The highest BCUT2D eigenvalue weighted by Crippen LogP contribution is 2.13. The van der Waals surface area contributed by atoms with Gasteiger partial charge in [-0.15, -0.1) is 10.2 Å². The number of rotatable bonds is 0. The highest BCUT2D eigenvalue weighted by atomic mass is 15.1. The molecule has 4 nitrogen and oxygen atoms in total. The van der Waals surface area contributed by atoms with Crippen LogP contribution in [-0.2, 0) is 0 Å². The fraction of sp³-hybridized carbons (Fsp3) is 0. The van der Waals surface area contributed by atoms with Crippen molar-refractivity contribution in [2.45, 2.75) is 0 Å². The van der Waals surface area contributed by atoms with Crippen LogP contribution in [-0.4, -0.2) is 6.34 Å². The lowest BCUT2D eigenvalue weighted by molar-refractivity contribution is 1.31. The molecule has 2 aliphatic rings. The monoisotopic (exact) mass is 155 g/mol. The lowest BCUT2D eigenvalue weighted by Crippen LogP contribution is -2.05. The zero-order valence-corrected chi connectivity index (χ0v) is 6.02. The van der Waals surface area contributed by atoms with Gasteiger partial charge in [0, 0.05) is 5.22 Å². The summed E-state index contributed by atoms with van der Waals surface area (Å²) < 4.78 is 0. The summed E-state index contributed by atoms with van der Waals surface area (Å²) in [5.41, 5.74) is 1.69. The van der Waals surface area contributed by atoms with E-state index in [9.17, 15) is 0 Å². The van der Waals surface area contributed by atoms with Crippen LogP contribution in [0.3, 0.4) is 0 Å². The maximum Gasteiger partial charge on any atom is 0.123 e. The summed E-state index contributed by atoms with van der Waals surface area (Å²) in [6, 6.07) is 3.75. The molecule has 0 saturated heterocycles. The van der Waals surface area contributed by atoms with Gasteiger partial charge in [0.2, 0.25) is 0 Å². The van der Waals surface area contributed by atoms with Crippen LogP contribution in [0.4, 0.5) is 11.4 Å². The molecule has 55 valence electrons. The Labute approximate surface area is 67.7 Å². The number of aliphatic imine (C=N–C) groups is 1. The summed E-state index contributed by atoms with van der Waals surface area (Å²) in [5, 5.41) is 9.30. The van der Waals surface area contributed by atoms with E-state index >= 15 is 0 Å². The van der Waals surface area contributed by atoms with Crippen LogP contribution < -0.4 is 10.6 Å². The molecule has 0 saturated carbocycles. The van der Waals surface area contributed by atoms with Gasteiger partial charge in [0.05, 0.1) is 16.7 Å². The third kappa shape index (κ3) is 0.611. The van der Waals surface area contributed by atoms with E-state index in [4.69, 9.17) is 0 Å². The Morgan fingerprint density at radius 3 is 3.17 bits per heavy atom. The molecule has 4 heteroatoms. The molecule has 2 aliphatic heterocycles. The summed E-state index contributed by atoms with van der Waals surface area (Å²) >= 11 is 0. The highest BCUT2D eigenvalue weighted by molar-refractivity contribution is 5.68. The number of nitrogens with zero attached hydrogens (tertiary/aromatic N) is 4. The standard InChI is InChI=1S/C8H3N4/c1-5-3-11-12-6(5)2-8-7(1)9-4-10-8/h1-2,4H. The summed E-state index contributed by atoms with van der Waals surface area (Å²) in [5.74, 6) is 0. The smallest absolute Gasteiger partial charge is 0.123 e. The van der Waals surface area contributed by atoms with E-state index < -0.39 is 0 Å². The Morgan fingerprint density at radius 2 is 2.17 bits per heavy atom. The Bertz CT molecular complexity index is 475. The average molecular weight is 155 g/mol. The van der Waals surface area contributed by atoms with Gasteiger partial charge in [-0.1, -0.05) is 0 Å². The van der Waals surface area contributed by atoms with Crippen molar-refractivity contribution in [1.29, 1.82) is 0 Å². The Hall–Kier alpha value is -1.84. The van der Waals surface area contributed by atoms with Gasteiger partial charge in [0.1, 0.15) is 12.5 Å². The minimum Gasteiger partial charge on any atom is -0.235 e. The SMILES string of the molecule is [C]1=c2cc3c(cc2N=N1)=NC=N3. The number of hydrogen-bond acceptors (Lipinski definition) is 4. The van der Waals surface area contributed by atoms with Crippen LogP contribution in [0.25, 0.3) is 6.20 Å². The van der Waals surface area contributed by atoms with Gasteiger partial charge in [-0.05, 0) is 12.1 Å². The Balaban J connectivity index is 2.50. The number of hydrogen-bond donors (Lipinski definition) is 0. The van der Waals surface area contributed by atoms with Gasteiger partial charge in [-0.3, -0.25) is 0 Å². The van der Waals surface area contributed by atoms with Crippen LogP contribution in [0.2, 0.25) is 0 Å². The molecular weight excluding hydrogens is 152 g/mol. The lowest BCUT2D eigenvalue weighted by Gasteiger charge is -1.89. The van der Waals surface area contributed by atoms with Crippen LogP contribution >= 0.6 is 0 Å². The van der Waals surface area contributed by atoms with Crippen LogP contribution in [0.15, 0.2) is 32.3 Å². The minimum absolute atomic E-state index is 0.822. The van der Waals surface area contributed by atoms with E-state index in [1.165, 1.54) is 6.34 Å². The molecule has 0 spiro atoms. The number of fused-ring (bicyclic) bond motifs is 2. The molecule has 3 rings (SSSR count). The molecular formula is C8H3N4. The summed E-state index contributed by atoms with van der Waals surface area (Å²) in [6.07, 6.45) is 4.31. The first-order valence-corrected chi connectivity index (χ1v) is 3.52. The average Bonchev–Trinajstić information content (AvgIpc) is 2.64. The van der Waals surface area contributed by atoms with E-state index in [1.807, 2.05) is 12.1 Å². The molecule has 0 unspecified atom stereocenters. The zero-order chi connectivity index (χ0) is 7.97. The van der Waals surface area contributed by atoms with Crippen LogP contribution in [0.5, 0.6) is 0 Å². The molecule has 1 radical (unpaired) electrons. The van der Waals surface area contributed by atoms with Crippen LogP contribution in [0, 0.1) is 0 Å². The molecule has 12 heavy (non-hydrogen) atoms. The van der Waals surface area contributed by atoms with Gasteiger partial charge in [0.15, 0.2) is 0 Å². The summed E-state index contributed by atoms with van der Waals surface area (Å²) in [7, 11) is 0. The minimum atomic E-state index is 0.822. The first kappa shape index (κ1) is 5.77. The normalized spacial score (nSPS) is 15.3. The van der Waals surface area contributed by atoms with E-state index in [0.29, 0.717) is 0 Å². The van der Waals surface area contributed by atoms with Crippen molar-refractivity contribution in [1.82, 2.24) is 0 Å². The van der Waals surface area contributed by atoms with Crippen molar-refractivity contribution in [2.24, 2.45) is 20.2 Å². The van der Waals surface area contributed by atoms with E-state index in [0.717, 1.165) is 22.0 Å². The molecule has 0 amide bonds. The van der Waals surface area contributed by atoms with Crippen molar-refractivity contribution in [2.75, 3.05) is 0 Å². The van der Waals surface area contributed by atoms with Gasteiger partial charge >= 0.3 is 0 Å². The predicted octanol–water partition coefficient (Wildman–Crippen LogP) is 0.692. The predicted molar refractivity (Wildman–Crippen MR) is 43.3 cm³/mol. The fourth-order valence-electron chi connectivity index (χ4n) is 1.23. The number of benzene rings is 1. The van der Waals surface area contributed by atoms with E-state index in [2.05, 4.69) is 26.4 Å². The Morgan fingerprint density at radius 1 is 1.17 bits per heavy atom. The maximum absolute atomic E-state index is 4.06. The first-order chi connectivity index (χ1) is 5.93. The van der Waals surface area contributed by atoms with Gasteiger partial charge in [-0.2, -0.15) is 0 Å². The third-order valence-corrected chi connectivity index (χ3v) is 1.81. The first-order valence-electron chi connectivity index (χ1n) is 3.52. The zero-order valence-electron chi connectivity index (χ0n) is 6.02. The van der Waals surface area contributed by atoms with Crippen molar-refractivity contribution >= 4 is 23.9 Å². The second kappa shape index (κ2) is 1.85. The molecule has 0 N–H and O–H groups in total. The summed E-state index contributed by atoms with van der Waals surface area (Å²) in [4.78, 5) is 8.12. The van der Waals surface area contributed by atoms with Gasteiger partial charge in [-0.25, -0.2) is 9.98 Å². The molecule has 2 heterocycles. The molecule has 1 aromatic carbocycles. The highest BCUT2D eigenvalue weighted by Gasteiger charge is 2.06.